The van der Waals surface area contributed by atoms with Crippen LogP contribution in [-0.2, 0) is 107 Å². The SMILES string of the molecule is CC(=O)OC(C)O/C(=C(/C#N)c1ccc(C(C)(C)C)cc1)c1c(Cl)c(C)nn1C.CCC(=O)OC(C)O/C(=C(/C#N)c1ccc(C(C)(C)C)cc1)c1c(Cl)c(C)nn1C.CCCC(=O)OC(C)O/C(=C(/C#N)c1ccc(C(C)(C)C)cc1)c1c(Cl)c(C)nn1C.Cc1nn(C)c(/C(OC(C)OC(=O)C(C)C)=C(\C#N)c2ccc(C(C)(C)C)cc2)c1Cl. The molecule has 4 aromatic carbocycles. The summed E-state index contributed by atoms with van der Waals surface area (Å²) >= 11 is 26.0. The molecular weight excluding hydrogens is 1620 g/mol. The lowest BCUT2D eigenvalue weighted by atomic mass is 9.86. The zero-order valence-electron chi connectivity index (χ0n) is 75.0. The van der Waals surface area contributed by atoms with Crippen LogP contribution in [0, 0.1) is 78.9 Å². The smallest absolute Gasteiger partial charge is 0.311 e. The number of halogens is 4. The van der Waals surface area contributed by atoms with Crippen LogP contribution in [0.5, 0.6) is 0 Å². The quantitative estimate of drug-likeness (QED) is 0.0178. The summed E-state index contributed by atoms with van der Waals surface area (Å²) in [6.07, 6.45) is -2.47. The van der Waals surface area contributed by atoms with Crippen molar-refractivity contribution in [3.8, 4) is 24.3 Å². The summed E-state index contributed by atoms with van der Waals surface area (Å²) in [4.78, 5) is 47.0. The highest BCUT2D eigenvalue weighted by molar-refractivity contribution is 6.34. The Balaban J connectivity index is 0.000000287. The van der Waals surface area contributed by atoms with Gasteiger partial charge in [0.15, 0.2) is 23.0 Å². The number of allylic oxidation sites excluding steroid dienone is 4. The third kappa shape index (κ3) is 27.2. The Kier molecular flexibility index (Phi) is 36.0. The van der Waals surface area contributed by atoms with Crippen LogP contribution in [0.3, 0.4) is 0 Å². The van der Waals surface area contributed by atoms with Gasteiger partial charge in [-0.15, -0.1) is 0 Å². The van der Waals surface area contributed by atoms with Crippen LogP contribution in [0.2, 0.25) is 20.1 Å². The first-order valence-corrected chi connectivity index (χ1v) is 41.0. The van der Waals surface area contributed by atoms with E-state index in [9.17, 15) is 40.2 Å². The van der Waals surface area contributed by atoms with E-state index in [-0.39, 0.29) is 91.7 Å². The minimum atomic E-state index is -0.923. The first kappa shape index (κ1) is 100. The van der Waals surface area contributed by atoms with E-state index in [0.29, 0.717) is 94.3 Å². The van der Waals surface area contributed by atoms with Crippen molar-refractivity contribution in [2.45, 2.75) is 239 Å². The second-order valence-electron chi connectivity index (χ2n) is 33.1. The van der Waals surface area contributed by atoms with Gasteiger partial charge in [0.05, 0.1) is 48.8 Å². The molecule has 0 N–H and O–H groups in total. The Hall–Kier alpha value is -11.1. The van der Waals surface area contributed by atoms with Crippen LogP contribution >= 0.6 is 46.4 Å². The number of nitrogens with zero attached hydrogens (tertiary/aromatic N) is 12. The predicted octanol–water partition coefficient (Wildman–Crippen LogP) is 21.8. The molecule has 4 unspecified atom stereocenters. The van der Waals surface area contributed by atoms with Crippen molar-refractivity contribution in [2.24, 2.45) is 34.1 Å². The van der Waals surface area contributed by atoms with Gasteiger partial charge in [0.25, 0.3) is 0 Å². The maximum atomic E-state index is 12.0. The molecule has 0 saturated heterocycles. The second kappa shape index (κ2) is 43.4. The molecule has 121 heavy (non-hydrogen) atoms. The Morgan fingerprint density at radius 3 is 0.752 bits per heavy atom. The maximum absolute atomic E-state index is 12.0. The normalized spacial score (nSPS) is 13.3. The minimum Gasteiger partial charge on any atom is -0.451 e. The molecular formula is C93H114Cl4N12O12. The number of ether oxygens (including phenoxy) is 8. The number of esters is 4. The summed E-state index contributed by atoms with van der Waals surface area (Å²) in [6, 6.07) is 39.8. The molecule has 0 aliphatic carbocycles. The fourth-order valence-corrected chi connectivity index (χ4v) is 13.0. The van der Waals surface area contributed by atoms with Gasteiger partial charge < -0.3 is 37.9 Å². The van der Waals surface area contributed by atoms with Crippen molar-refractivity contribution < 1.29 is 57.1 Å². The number of hydrogen-bond acceptors (Lipinski definition) is 20. The minimum absolute atomic E-state index is 0.0132. The highest BCUT2D eigenvalue weighted by Crippen LogP contribution is 2.41. The first-order valence-electron chi connectivity index (χ1n) is 39.5. The maximum Gasteiger partial charge on any atom is 0.311 e. The highest BCUT2D eigenvalue weighted by atomic mass is 35.5. The van der Waals surface area contributed by atoms with Gasteiger partial charge in [-0.05, 0) is 100 Å². The summed E-state index contributed by atoms with van der Waals surface area (Å²) in [5.74, 6) is -1.11. The van der Waals surface area contributed by atoms with Gasteiger partial charge in [-0.3, -0.25) is 37.9 Å². The lowest BCUT2D eigenvalue weighted by Crippen LogP contribution is -2.22. The van der Waals surface area contributed by atoms with E-state index in [4.69, 9.17) is 84.3 Å². The average Bonchev–Trinajstić information content (AvgIpc) is 1.71. The molecule has 0 aliphatic rings. The predicted molar refractivity (Wildman–Crippen MR) is 474 cm³/mol. The molecule has 8 aromatic rings. The largest absolute Gasteiger partial charge is 0.451 e. The number of rotatable bonds is 24. The average molecular weight is 1730 g/mol. The molecule has 0 spiro atoms. The number of aromatic nitrogens is 8. The molecule has 4 aromatic heterocycles. The van der Waals surface area contributed by atoms with Crippen molar-refractivity contribution in [2.75, 3.05) is 0 Å². The number of carbonyl (C=O) groups excluding carboxylic acids is 4. The Morgan fingerprint density at radius 2 is 0.579 bits per heavy atom. The third-order valence-corrected chi connectivity index (χ3v) is 20.3. The molecule has 0 fully saturated rings. The highest BCUT2D eigenvalue weighted by Gasteiger charge is 2.32. The van der Waals surface area contributed by atoms with E-state index in [1.807, 2.05) is 104 Å². The molecule has 0 aliphatic heterocycles. The third-order valence-electron chi connectivity index (χ3n) is 18.5. The number of nitriles is 4. The molecule has 0 amide bonds. The van der Waals surface area contributed by atoms with Gasteiger partial charge in [0.1, 0.15) is 69.3 Å². The van der Waals surface area contributed by atoms with E-state index in [1.165, 1.54) is 6.92 Å². The van der Waals surface area contributed by atoms with Crippen molar-refractivity contribution in [3.05, 3.63) is 207 Å². The summed E-state index contributed by atoms with van der Waals surface area (Å²) < 4.78 is 51.2. The monoisotopic (exact) mass is 1730 g/mol. The molecule has 646 valence electrons. The molecule has 0 saturated carbocycles. The van der Waals surface area contributed by atoms with E-state index in [1.54, 1.807) is 123 Å². The lowest BCUT2D eigenvalue weighted by Gasteiger charge is -2.21. The van der Waals surface area contributed by atoms with E-state index < -0.39 is 43.1 Å². The van der Waals surface area contributed by atoms with Crippen LogP contribution < -0.4 is 0 Å². The summed E-state index contributed by atoms with van der Waals surface area (Å²) in [5.41, 5.74) is 12.5. The molecule has 24 nitrogen and oxygen atoms in total. The molecule has 0 bridgehead atoms. The topological polar surface area (TPSA) is 309 Å². The zero-order valence-corrected chi connectivity index (χ0v) is 78.0. The molecule has 0 radical (unpaired) electrons. The molecule has 4 heterocycles. The number of aryl methyl sites for hydroxylation is 8. The van der Waals surface area contributed by atoms with Gasteiger partial charge in [0.2, 0.25) is 25.2 Å². The summed E-state index contributed by atoms with van der Waals surface area (Å²) in [6.45, 7) is 47.4. The van der Waals surface area contributed by atoms with Crippen LogP contribution in [0.1, 0.15) is 255 Å². The lowest BCUT2D eigenvalue weighted by molar-refractivity contribution is -0.168. The van der Waals surface area contributed by atoms with Crippen LogP contribution in [0.25, 0.3) is 45.3 Å². The van der Waals surface area contributed by atoms with E-state index >= 15 is 0 Å². The van der Waals surface area contributed by atoms with E-state index in [0.717, 1.165) is 22.3 Å². The van der Waals surface area contributed by atoms with Gasteiger partial charge in [0, 0.05) is 75.7 Å². The van der Waals surface area contributed by atoms with Gasteiger partial charge in [-0.25, -0.2) is 0 Å². The summed E-state index contributed by atoms with van der Waals surface area (Å²) in [7, 11) is 6.88. The van der Waals surface area contributed by atoms with Crippen molar-refractivity contribution in [3.63, 3.8) is 0 Å². The first-order chi connectivity index (χ1) is 56.3. The number of benzene rings is 4. The Bertz CT molecular complexity index is 5320. The Labute approximate surface area is 733 Å². The molecule has 4 atom stereocenters. The van der Waals surface area contributed by atoms with Crippen LogP contribution in [-0.4, -0.2) is 88.2 Å². The van der Waals surface area contributed by atoms with Crippen molar-refractivity contribution in [1.29, 1.82) is 21.0 Å². The molecule has 8 rings (SSSR count). The Morgan fingerprint density at radius 1 is 0.364 bits per heavy atom. The van der Waals surface area contributed by atoms with Gasteiger partial charge in [-0.1, -0.05) is 254 Å². The van der Waals surface area contributed by atoms with Gasteiger partial charge in [-0.2, -0.15) is 41.4 Å². The second-order valence-corrected chi connectivity index (χ2v) is 34.6. The van der Waals surface area contributed by atoms with Crippen LogP contribution in [0.15, 0.2) is 97.1 Å². The van der Waals surface area contributed by atoms with Crippen LogP contribution in [0.4, 0.5) is 0 Å². The van der Waals surface area contributed by atoms with Crippen molar-refractivity contribution >= 4 is 116 Å². The molecule has 28 heteroatoms. The van der Waals surface area contributed by atoms with Gasteiger partial charge >= 0.3 is 23.9 Å². The fraction of sp³-hybridized carbons (Fsp3) is 0.441. The standard InChI is InChI=1S/2C24H30ClN3O3.C23H28ClN3O3.C22H26ClN3O3/c1-14(2)23(29)31-16(4)30-22(21-20(25)15(3)27-28(21)8)19(13-26)17-9-11-18(12-10-17)24(5,6)7;1-8-9-20(29)30-16(3)31-23(22-21(25)15(2)27-28(22)7)19(14-26)17-10-12-18(13-11-17)24(4,5)6;1-8-19(28)29-15(3)30-22(21-20(24)14(2)26-27(21)7)18(13-25)16-9-11-17(12-10-16)23(4,5)6;1-13-19(23)20(26(7)25-13)21(29-15(3)28-14(2)27)18(12-24)16-8-10-17(11-9-16)22(4,5)6/h9-12,14,16H,1-8H3;10-13,16H,8-9H2,1-7H3;9-12,15H,8H2,1-7H3;8-11,15H,1-7H3/b22-19-;23-19-;22-18-;21-18-. The number of carbonyl (C=O) groups is 4. The van der Waals surface area contributed by atoms with Crippen molar-refractivity contribution in [1.82, 2.24) is 39.1 Å². The van der Waals surface area contributed by atoms with E-state index in [2.05, 4.69) is 128 Å². The zero-order chi connectivity index (χ0) is 91.4. The number of hydrogen-bond donors (Lipinski definition) is 0. The summed E-state index contributed by atoms with van der Waals surface area (Å²) in [5, 5.41) is 58.9. The fourth-order valence-electron chi connectivity index (χ4n) is 12.0.